The predicted molar refractivity (Wildman–Crippen MR) is 103 cm³/mol. The fourth-order valence-electron chi connectivity index (χ4n) is 3.75. The fourth-order valence-corrected chi connectivity index (χ4v) is 4.04. The van der Waals surface area contributed by atoms with E-state index in [1.54, 1.807) is 27.8 Å². The highest BCUT2D eigenvalue weighted by Crippen LogP contribution is 2.28. The molecule has 2 aromatic rings. The number of carbonyl (C=O) groups is 2. The number of carbonyl (C=O) groups excluding carboxylic acids is 2. The minimum Gasteiger partial charge on any atom is -0.334 e. The zero-order valence-corrected chi connectivity index (χ0v) is 16.7. The van der Waals surface area contributed by atoms with Crippen molar-refractivity contribution in [3.05, 3.63) is 50.8 Å². The number of amides is 2. The molecule has 1 aromatic carbocycles. The second-order valence-electron chi connectivity index (χ2n) is 7.19. The third-order valence-electron chi connectivity index (χ3n) is 5.19. The Balaban J connectivity index is 1.64. The van der Waals surface area contributed by atoms with Crippen molar-refractivity contribution in [1.29, 1.82) is 0 Å². The predicted octanol–water partition coefficient (Wildman–Crippen LogP) is 3.25. The van der Waals surface area contributed by atoms with Crippen LogP contribution in [0.3, 0.4) is 0 Å². The van der Waals surface area contributed by atoms with E-state index in [0.717, 1.165) is 11.3 Å². The number of benzene rings is 1. The third kappa shape index (κ3) is 3.11. The summed E-state index contributed by atoms with van der Waals surface area (Å²) in [5, 5.41) is 5.39. The molecule has 0 saturated heterocycles. The molecule has 3 heterocycles. The fraction of sp³-hybridized carbons (Fsp3) is 0.421. The molecule has 0 aliphatic carbocycles. The molecule has 6 nitrogen and oxygen atoms in total. The standard InChI is InChI=1S/C19H20Cl2N4O2/c1-11(2)24-7-8-25-17(19(24)27)13-10-23(6-5-16(13)22-25)18(26)12-3-4-14(20)15(21)9-12/h3-4,9,11H,5-8,10H2,1-2H3. The summed E-state index contributed by atoms with van der Waals surface area (Å²) < 4.78 is 1.80. The second-order valence-corrected chi connectivity index (χ2v) is 8.01. The van der Waals surface area contributed by atoms with Crippen LogP contribution < -0.4 is 0 Å². The van der Waals surface area contributed by atoms with E-state index in [1.165, 1.54) is 0 Å². The number of fused-ring (bicyclic) bond motifs is 3. The summed E-state index contributed by atoms with van der Waals surface area (Å²) in [7, 11) is 0. The lowest BCUT2D eigenvalue weighted by Gasteiger charge is -2.32. The molecule has 0 spiro atoms. The molecular formula is C19H20Cl2N4O2. The van der Waals surface area contributed by atoms with Gasteiger partial charge < -0.3 is 9.80 Å². The Morgan fingerprint density at radius 3 is 2.63 bits per heavy atom. The van der Waals surface area contributed by atoms with Gasteiger partial charge in [-0.3, -0.25) is 14.3 Å². The number of aromatic nitrogens is 2. The van der Waals surface area contributed by atoms with Crippen molar-refractivity contribution < 1.29 is 9.59 Å². The van der Waals surface area contributed by atoms with Crippen molar-refractivity contribution >= 4 is 35.0 Å². The van der Waals surface area contributed by atoms with E-state index < -0.39 is 0 Å². The molecule has 4 rings (SSSR count). The maximum atomic E-state index is 12.9. The minimum atomic E-state index is -0.122. The molecule has 0 bridgehead atoms. The van der Waals surface area contributed by atoms with Crippen LogP contribution in [-0.4, -0.2) is 50.5 Å². The maximum absolute atomic E-state index is 12.9. The molecule has 0 saturated carbocycles. The van der Waals surface area contributed by atoms with Crippen LogP contribution in [-0.2, 0) is 19.5 Å². The maximum Gasteiger partial charge on any atom is 0.272 e. The van der Waals surface area contributed by atoms with Crippen LogP contribution >= 0.6 is 23.2 Å². The van der Waals surface area contributed by atoms with Gasteiger partial charge in [0.25, 0.3) is 11.8 Å². The largest absolute Gasteiger partial charge is 0.334 e. The van der Waals surface area contributed by atoms with Crippen LogP contribution in [0.1, 0.15) is 46.0 Å². The van der Waals surface area contributed by atoms with Crippen molar-refractivity contribution in [3.63, 3.8) is 0 Å². The molecular weight excluding hydrogens is 387 g/mol. The highest BCUT2D eigenvalue weighted by Gasteiger charge is 2.35. The van der Waals surface area contributed by atoms with Crippen LogP contribution in [0.25, 0.3) is 0 Å². The zero-order valence-electron chi connectivity index (χ0n) is 15.2. The van der Waals surface area contributed by atoms with Gasteiger partial charge in [-0.15, -0.1) is 0 Å². The van der Waals surface area contributed by atoms with E-state index in [2.05, 4.69) is 5.10 Å². The second kappa shape index (κ2) is 6.84. The Morgan fingerprint density at radius 1 is 1.15 bits per heavy atom. The molecule has 142 valence electrons. The van der Waals surface area contributed by atoms with Crippen molar-refractivity contribution in [2.24, 2.45) is 0 Å². The summed E-state index contributed by atoms with van der Waals surface area (Å²) >= 11 is 12.0. The van der Waals surface area contributed by atoms with E-state index >= 15 is 0 Å². The van der Waals surface area contributed by atoms with E-state index in [4.69, 9.17) is 23.2 Å². The Labute approximate surface area is 167 Å². The highest BCUT2D eigenvalue weighted by atomic mass is 35.5. The van der Waals surface area contributed by atoms with E-state index in [9.17, 15) is 9.59 Å². The molecule has 0 unspecified atom stereocenters. The first-order valence-electron chi connectivity index (χ1n) is 9.00. The average Bonchev–Trinajstić information content (AvgIpc) is 3.01. The van der Waals surface area contributed by atoms with Crippen molar-refractivity contribution in [3.8, 4) is 0 Å². The van der Waals surface area contributed by atoms with Gasteiger partial charge in [-0.05, 0) is 32.0 Å². The molecule has 8 heteroatoms. The summed E-state index contributed by atoms with van der Waals surface area (Å²) in [5.41, 5.74) is 2.90. The molecule has 0 radical (unpaired) electrons. The lowest BCUT2D eigenvalue weighted by Crippen LogP contribution is -2.45. The van der Waals surface area contributed by atoms with Crippen molar-refractivity contribution in [2.45, 2.75) is 39.4 Å². The molecule has 2 amide bonds. The van der Waals surface area contributed by atoms with Crippen LogP contribution in [0.2, 0.25) is 10.0 Å². The summed E-state index contributed by atoms with van der Waals surface area (Å²) in [4.78, 5) is 29.5. The van der Waals surface area contributed by atoms with E-state index in [0.29, 0.717) is 53.9 Å². The minimum absolute atomic E-state index is 0.00571. The normalized spacial score (nSPS) is 16.6. The van der Waals surface area contributed by atoms with Gasteiger partial charge in [0.15, 0.2) is 0 Å². The van der Waals surface area contributed by atoms with E-state index in [1.807, 2.05) is 18.7 Å². The van der Waals surface area contributed by atoms with Gasteiger partial charge in [0.1, 0.15) is 5.69 Å². The lowest BCUT2D eigenvalue weighted by atomic mass is 10.0. The van der Waals surface area contributed by atoms with Gasteiger partial charge in [0.2, 0.25) is 0 Å². The molecule has 0 N–H and O–H groups in total. The summed E-state index contributed by atoms with van der Waals surface area (Å²) in [6, 6.07) is 5.01. The molecule has 2 aliphatic rings. The monoisotopic (exact) mass is 406 g/mol. The lowest BCUT2D eigenvalue weighted by molar-refractivity contribution is 0.0632. The van der Waals surface area contributed by atoms with Crippen LogP contribution in [0, 0.1) is 0 Å². The molecule has 27 heavy (non-hydrogen) atoms. The van der Waals surface area contributed by atoms with E-state index in [-0.39, 0.29) is 17.9 Å². The SMILES string of the molecule is CC(C)N1CCn2nc3c(c2C1=O)CN(C(=O)c1ccc(Cl)c(Cl)c1)CC3. The van der Waals surface area contributed by atoms with Crippen LogP contribution in [0.5, 0.6) is 0 Å². The number of nitrogens with zero attached hydrogens (tertiary/aromatic N) is 4. The Bertz CT molecular complexity index is 938. The quantitative estimate of drug-likeness (QED) is 0.768. The van der Waals surface area contributed by atoms with Crippen molar-refractivity contribution in [2.75, 3.05) is 13.1 Å². The number of hydrogen-bond donors (Lipinski definition) is 0. The van der Waals surface area contributed by atoms with Gasteiger partial charge in [-0.1, -0.05) is 23.2 Å². The van der Waals surface area contributed by atoms with Crippen LogP contribution in [0.4, 0.5) is 0 Å². The molecule has 1 aromatic heterocycles. The van der Waals surface area contributed by atoms with Gasteiger partial charge in [-0.25, -0.2) is 0 Å². The van der Waals surface area contributed by atoms with Crippen molar-refractivity contribution in [1.82, 2.24) is 19.6 Å². The summed E-state index contributed by atoms with van der Waals surface area (Å²) in [6.07, 6.45) is 0.636. The topological polar surface area (TPSA) is 58.4 Å². The smallest absolute Gasteiger partial charge is 0.272 e. The number of rotatable bonds is 2. The van der Waals surface area contributed by atoms with Gasteiger partial charge in [-0.2, -0.15) is 5.10 Å². The number of halogens is 2. The first-order valence-corrected chi connectivity index (χ1v) is 9.76. The molecule has 0 atom stereocenters. The first kappa shape index (κ1) is 18.3. The first-order chi connectivity index (χ1) is 12.9. The zero-order chi connectivity index (χ0) is 19.3. The Kier molecular flexibility index (Phi) is 4.64. The average molecular weight is 407 g/mol. The Hall–Kier alpha value is -2.05. The Morgan fingerprint density at radius 2 is 1.93 bits per heavy atom. The summed E-state index contributed by atoms with van der Waals surface area (Å²) in [5.74, 6) is -0.128. The number of hydrogen-bond acceptors (Lipinski definition) is 3. The van der Waals surface area contributed by atoms with Crippen LogP contribution in [0.15, 0.2) is 18.2 Å². The highest BCUT2D eigenvalue weighted by molar-refractivity contribution is 6.42. The summed E-state index contributed by atoms with van der Waals surface area (Å²) in [6.45, 7) is 6.31. The van der Waals surface area contributed by atoms with Gasteiger partial charge in [0.05, 0.1) is 28.8 Å². The molecule has 2 aliphatic heterocycles. The van der Waals surface area contributed by atoms with Gasteiger partial charge >= 0.3 is 0 Å². The third-order valence-corrected chi connectivity index (χ3v) is 5.93. The van der Waals surface area contributed by atoms with Gasteiger partial charge in [0, 0.05) is 36.7 Å². The molecule has 0 fully saturated rings.